The molecular weight excluding hydrogens is 599 g/mol. The maximum atomic E-state index is 2.44. The number of hydrogen-bond acceptors (Lipinski definition) is 2. The van der Waals surface area contributed by atoms with Crippen LogP contribution in [0.15, 0.2) is 188 Å². The van der Waals surface area contributed by atoms with Gasteiger partial charge in [-0.05, 0) is 69.1 Å². The van der Waals surface area contributed by atoms with E-state index in [9.17, 15) is 0 Å². The van der Waals surface area contributed by atoms with Gasteiger partial charge in [-0.25, -0.2) is 0 Å². The molecule has 0 amide bonds. The minimum atomic E-state index is 1.13. The zero-order chi connectivity index (χ0) is 31.9. The van der Waals surface area contributed by atoms with Crippen molar-refractivity contribution >= 4 is 59.3 Å². The number of rotatable bonds is 6. The Morgan fingerprint density at radius 3 is 1.54 bits per heavy atom. The van der Waals surface area contributed by atoms with Crippen molar-refractivity contribution in [1.82, 2.24) is 0 Å². The zero-order valence-electron chi connectivity index (χ0n) is 26.3. The number of thiophene rings is 1. The van der Waals surface area contributed by atoms with Gasteiger partial charge in [0.25, 0.3) is 0 Å². The summed E-state index contributed by atoms with van der Waals surface area (Å²) in [5.74, 6) is 0. The lowest BCUT2D eigenvalue weighted by Gasteiger charge is -2.27. The summed E-state index contributed by atoms with van der Waals surface area (Å²) in [6.45, 7) is 0. The van der Waals surface area contributed by atoms with Crippen LogP contribution in [0.1, 0.15) is 0 Å². The molecule has 0 saturated heterocycles. The lowest BCUT2D eigenvalue weighted by Crippen LogP contribution is -2.10. The number of fused-ring (bicyclic) bond motifs is 4. The van der Waals surface area contributed by atoms with Crippen molar-refractivity contribution in [3.8, 4) is 33.4 Å². The third kappa shape index (κ3) is 5.04. The summed E-state index contributed by atoms with van der Waals surface area (Å²) in [4.78, 5) is 2.44. The number of benzene rings is 8. The molecule has 0 N–H and O–H groups in total. The van der Waals surface area contributed by atoms with E-state index < -0.39 is 0 Å². The first kappa shape index (κ1) is 28.3. The number of anilines is 3. The average Bonchev–Trinajstić information content (AvgIpc) is 3.55. The highest BCUT2D eigenvalue weighted by Gasteiger charge is 2.20. The minimum absolute atomic E-state index is 1.13. The summed E-state index contributed by atoms with van der Waals surface area (Å²) in [5.41, 5.74) is 10.8. The van der Waals surface area contributed by atoms with Crippen LogP contribution in [0.2, 0.25) is 0 Å². The Kier molecular flexibility index (Phi) is 7.07. The molecule has 1 heterocycles. The van der Waals surface area contributed by atoms with Gasteiger partial charge in [-0.1, -0.05) is 158 Å². The molecule has 1 nitrogen and oxygen atoms in total. The largest absolute Gasteiger partial charge is 0.308 e. The van der Waals surface area contributed by atoms with Gasteiger partial charge in [0, 0.05) is 26.5 Å². The van der Waals surface area contributed by atoms with Gasteiger partial charge in [0.2, 0.25) is 0 Å². The van der Waals surface area contributed by atoms with E-state index >= 15 is 0 Å². The molecule has 0 aliphatic rings. The highest BCUT2D eigenvalue weighted by Crippen LogP contribution is 2.47. The van der Waals surface area contributed by atoms with Crippen LogP contribution in [0.4, 0.5) is 17.1 Å². The fourth-order valence-electron chi connectivity index (χ4n) is 6.87. The summed E-state index contributed by atoms with van der Waals surface area (Å²) < 4.78 is 2.58. The molecule has 8 aromatic carbocycles. The zero-order valence-corrected chi connectivity index (χ0v) is 27.1. The van der Waals surface area contributed by atoms with Crippen molar-refractivity contribution in [2.24, 2.45) is 0 Å². The summed E-state index contributed by atoms with van der Waals surface area (Å²) in [5, 5.41) is 5.03. The van der Waals surface area contributed by atoms with Gasteiger partial charge >= 0.3 is 0 Å². The topological polar surface area (TPSA) is 3.24 Å². The van der Waals surface area contributed by atoms with Crippen molar-refractivity contribution in [3.63, 3.8) is 0 Å². The van der Waals surface area contributed by atoms with E-state index in [1.165, 1.54) is 75.7 Å². The van der Waals surface area contributed by atoms with E-state index in [1.54, 1.807) is 0 Å². The Morgan fingerprint density at radius 2 is 0.833 bits per heavy atom. The Balaban J connectivity index is 1.18. The highest BCUT2D eigenvalue weighted by molar-refractivity contribution is 7.26. The lowest BCUT2D eigenvalue weighted by molar-refractivity contribution is 1.32. The first-order valence-electron chi connectivity index (χ1n) is 16.3. The lowest BCUT2D eigenvalue weighted by atomic mass is 10.00. The van der Waals surface area contributed by atoms with E-state index in [-0.39, 0.29) is 0 Å². The molecule has 0 unspecified atom stereocenters. The quantitative estimate of drug-likeness (QED) is 0.177. The molecule has 9 aromatic rings. The second-order valence-corrected chi connectivity index (χ2v) is 13.2. The molecule has 0 atom stereocenters. The number of nitrogens with zero attached hydrogens (tertiary/aromatic N) is 1. The van der Waals surface area contributed by atoms with E-state index in [2.05, 4.69) is 193 Å². The van der Waals surface area contributed by atoms with Crippen LogP contribution in [0, 0.1) is 0 Å². The van der Waals surface area contributed by atoms with E-state index in [1.807, 2.05) is 11.3 Å². The molecule has 0 radical (unpaired) electrons. The van der Waals surface area contributed by atoms with Crippen LogP contribution in [0.3, 0.4) is 0 Å². The molecule has 1 aromatic heterocycles. The van der Waals surface area contributed by atoms with Crippen molar-refractivity contribution in [2.45, 2.75) is 0 Å². The van der Waals surface area contributed by atoms with Crippen LogP contribution < -0.4 is 4.90 Å². The van der Waals surface area contributed by atoms with E-state index in [0.29, 0.717) is 0 Å². The maximum Gasteiger partial charge on any atom is 0.0640 e. The maximum absolute atomic E-state index is 2.44. The molecule has 9 rings (SSSR count). The highest BCUT2D eigenvalue weighted by atomic mass is 32.1. The summed E-state index contributed by atoms with van der Waals surface area (Å²) >= 11 is 1.88. The first-order chi connectivity index (χ1) is 23.8. The standard InChI is InChI=1S/C46H31NS/c1-3-11-32(12-4-1)34-21-23-35(24-22-34)36-25-28-39(29-26-36)47(43-19-9-16-37-15-7-8-17-40(37)43)44-20-10-18-42-41-30-27-38(31-45(41)48-46(42)44)33-13-5-2-6-14-33/h1-31H. The molecule has 0 aliphatic carbocycles. The molecule has 48 heavy (non-hydrogen) atoms. The second kappa shape index (κ2) is 12.0. The molecule has 0 saturated carbocycles. The molecule has 0 fully saturated rings. The van der Waals surface area contributed by atoms with Crippen LogP contribution in [-0.2, 0) is 0 Å². The molecule has 0 bridgehead atoms. The summed E-state index contributed by atoms with van der Waals surface area (Å²) in [7, 11) is 0. The SMILES string of the molecule is c1ccc(-c2ccc(-c3ccc(N(c4cccc5ccccc45)c4cccc5c4sc4cc(-c6ccccc6)ccc45)cc3)cc2)cc1. The van der Waals surface area contributed by atoms with Gasteiger partial charge in [0.1, 0.15) is 0 Å². The fourth-order valence-corrected chi connectivity index (χ4v) is 8.12. The van der Waals surface area contributed by atoms with Crippen LogP contribution >= 0.6 is 11.3 Å². The van der Waals surface area contributed by atoms with Gasteiger partial charge in [-0.15, -0.1) is 11.3 Å². The van der Waals surface area contributed by atoms with Crippen molar-refractivity contribution in [2.75, 3.05) is 4.90 Å². The summed E-state index contributed by atoms with van der Waals surface area (Å²) in [6.07, 6.45) is 0. The van der Waals surface area contributed by atoms with E-state index in [4.69, 9.17) is 0 Å². The smallest absolute Gasteiger partial charge is 0.0640 e. The van der Waals surface area contributed by atoms with Crippen LogP contribution in [0.5, 0.6) is 0 Å². The van der Waals surface area contributed by atoms with Crippen molar-refractivity contribution < 1.29 is 0 Å². The Morgan fingerprint density at radius 1 is 0.333 bits per heavy atom. The molecule has 0 spiro atoms. The van der Waals surface area contributed by atoms with Crippen LogP contribution in [-0.4, -0.2) is 0 Å². The van der Waals surface area contributed by atoms with Crippen LogP contribution in [0.25, 0.3) is 64.3 Å². The van der Waals surface area contributed by atoms with Gasteiger partial charge in [-0.3, -0.25) is 0 Å². The first-order valence-corrected chi connectivity index (χ1v) is 17.2. The average molecular weight is 630 g/mol. The monoisotopic (exact) mass is 629 g/mol. The second-order valence-electron chi connectivity index (χ2n) is 12.2. The molecule has 0 aliphatic heterocycles. The van der Waals surface area contributed by atoms with Gasteiger partial charge in [-0.2, -0.15) is 0 Å². The molecule has 2 heteroatoms. The van der Waals surface area contributed by atoms with Gasteiger partial charge < -0.3 is 4.90 Å². The van der Waals surface area contributed by atoms with Gasteiger partial charge in [0.15, 0.2) is 0 Å². The third-order valence-corrected chi connectivity index (χ3v) is 10.5. The molecule has 226 valence electrons. The van der Waals surface area contributed by atoms with Crippen molar-refractivity contribution in [3.05, 3.63) is 188 Å². The normalized spacial score (nSPS) is 11.3. The molecular formula is C46H31NS. The summed E-state index contributed by atoms with van der Waals surface area (Å²) in [6, 6.07) is 68.1. The van der Waals surface area contributed by atoms with E-state index in [0.717, 1.165) is 5.69 Å². The Hall–Kier alpha value is -5.96. The third-order valence-electron chi connectivity index (χ3n) is 9.28. The Labute approximate surface area is 284 Å². The fraction of sp³-hybridized carbons (Fsp3) is 0. The Bertz CT molecular complexity index is 2530. The predicted molar refractivity (Wildman–Crippen MR) is 208 cm³/mol. The van der Waals surface area contributed by atoms with Crippen molar-refractivity contribution in [1.29, 1.82) is 0 Å². The predicted octanol–water partition coefficient (Wildman–Crippen LogP) is 13.7. The number of hydrogen-bond donors (Lipinski definition) is 0. The van der Waals surface area contributed by atoms with Gasteiger partial charge in [0.05, 0.1) is 16.1 Å². The minimum Gasteiger partial charge on any atom is -0.308 e.